The number of hydrogen-bond acceptors (Lipinski definition) is 2. The number of ketones is 1. The summed E-state index contributed by atoms with van der Waals surface area (Å²) in [4.78, 5) is 11.2. The molecule has 1 aromatic rings. The van der Waals surface area contributed by atoms with Crippen molar-refractivity contribution in [1.82, 2.24) is 0 Å². The lowest BCUT2D eigenvalue weighted by Crippen LogP contribution is -2.23. The molecule has 0 amide bonds. The van der Waals surface area contributed by atoms with Gasteiger partial charge in [-0.3, -0.25) is 4.79 Å². The first-order valence-electron chi connectivity index (χ1n) is 3.30. The molecule has 0 radical (unpaired) electrons. The Hall–Kier alpha value is -0.490. The minimum Gasteiger partial charge on any atom is -0.313 e. The van der Waals surface area contributed by atoms with Gasteiger partial charge in [-0.1, -0.05) is 34.7 Å². The van der Waals surface area contributed by atoms with Gasteiger partial charge in [-0.25, -0.2) is 4.39 Å². The molecule has 0 fully saturated rings. The van der Waals surface area contributed by atoms with Crippen molar-refractivity contribution in [3.8, 4) is 0 Å². The number of halogens is 2. The average molecular weight is 279 g/mol. The summed E-state index contributed by atoms with van der Waals surface area (Å²) in [7, 11) is 0. The molecule has 0 aliphatic heterocycles. The minimum atomic E-state index is -0.607. The molecule has 4 heteroatoms. The van der Waals surface area contributed by atoms with Crippen LogP contribution in [0, 0.1) is 5.82 Å². The standard InChI is InChI=1S/C8H7FINO/c9-6-3-1-2-5(4-6)7(12)8(10)11/h1-4,8H,11H2. The number of hydrogen-bond donors (Lipinski definition) is 1. The second kappa shape index (κ2) is 3.95. The van der Waals surface area contributed by atoms with Crippen LogP contribution in [-0.4, -0.2) is 9.83 Å². The summed E-state index contributed by atoms with van der Waals surface area (Å²) < 4.78 is 12.0. The third kappa shape index (κ3) is 2.25. The smallest absolute Gasteiger partial charge is 0.189 e. The van der Waals surface area contributed by atoms with Crippen LogP contribution in [0.1, 0.15) is 10.4 Å². The lowest BCUT2D eigenvalue weighted by atomic mass is 10.1. The Labute approximate surface area is 83.1 Å². The molecule has 1 atom stereocenters. The Morgan fingerprint density at radius 2 is 2.25 bits per heavy atom. The fourth-order valence-corrected chi connectivity index (χ4v) is 1.16. The summed E-state index contributed by atoms with van der Waals surface area (Å²) in [5, 5.41) is 0. The van der Waals surface area contributed by atoms with Gasteiger partial charge in [0.1, 0.15) is 9.87 Å². The number of carbonyl (C=O) groups is 1. The first-order valence-corrected chi connectivity index (χ1v) is 4.55. The van der Waals surface area contributed by atoms with Gasteiger partial charge in [0.05, 0.1) is 0 Å². The number of alkyl halides is 1. The van der Waals surface area contributed by atoms with E-state index in [9.17, 15) is 9.18 Å². The minimum absolute atomic E-state index is 0.255. The Balaban J connectivity index is 2.96. The van der Waals surface area contributed by atoms with E-state index in [1.807, 2.05) is 0 Å². The van der Waals surface area contributed by atoms with Gasteiger partial charge in [0.2, 0.25) is 0 Å². The molecule has 0 aliphatic rings. The zero-order valence-electron chi connectivity index (χ0n) is 6.13. The molecule has 0 saturated carbocycles. The van der Waals surface area contributed by atoms with Crippen molar-refractivity contribution in [3.63, 3.8) is 0 Å². The fraction of sp³-hybridized carbons (Fsp3) is 0.125. The van der Waals surface area contributed by atoms with Crippen LogP contribution in [0.25, 0.3) is 0 Å². The first-order chi connectivity index (χ1) is 5.61. The third-order valence-corrected chi connectivity index (χ3v) is 1.93. The van der Waals surface area contributed by atoms with Gasteiger partial charge in [-0.2, -0.15) is 0 Å². The topological polar surface area (TPSA) is 43.1 Å². The summed E-state index contributed by atoms with van der Waals surface area (Å²) in [6, 6.07) is 5.50. The van der Waals surface area contributed by atoms with Crippen molar-refractivity contribution in [2.45, 2.75) is 4.05 Å². The molecule has 0 bridgehead atoms. The van der Waals surface area contributed by atoms with E-state index in [1.54, 1.807) is 28.7 Å². The highest BCUT2D eigenvalue weighted by atomic mass is 127. The summed E-state index contributed by atoms with van der Waals surface area (Å²) in [5.74, 6) is -0.673. The maximum atomic E-state index is 12.6. The van der Waals surface area contributed by atoms with Crippen LogP contribution in [0.15, 0.2) is 24.3 Å². The molecule has 12 heavy (non-hydrogen) atoms. The molecule has 0 heterocycles. The van der Waals surface area contributed by atoms with E-state index in [2.05, 4.69) is 0 Å². The molecule has 2 nitrogen and oxygen atoms in total. The number of rotatable bonds is 2. The largest absolute Gasteiger partial charge is 0.313 e. The zero-order valence-corrected chi connectivity index (χ0v) is 8.29. The van der Waals surface area contributed by atoms with E-state index >= 15 is 0 Å². The Morgan fingerprint density at radius 3 is 2.75 bits per heavy atom. The molecular formula is C8H7FINO. The van der Waals surface area contributed by atoms with Crippen LogP contribution in [-0.2, 0) is 0 Å². The third-order valence-electron chi connectivity index (χ3n) is 1.36. The molecule has 64 valence electrons. The highest BCUT2D eigenvalue weighted by Gasteiger charge is 2.11. The van der Waals surface area contributed by atoms with Crippen molar-refractivity contribution >= 4 is 28.4 Å². The molecule has 0 saturated heterocycles. The van der Waals surface area contributed by atoms with E-state index in [0.717, 1.165) is 0 Å². The maximum Gasteiger partial charge on any atom is 0.189 e. The normalized spacial score (nSPS) is 12.6. The SMILES string of the molecule is NC(I)C(=O)c1cccc(F)c1. The summed E-state index contributed by atoms with van der Waals surface area (Å²) in [6.45, 7) is 0. The molecular weight excluding hydrogens is 272 g/mol. The first kappa shape index (κ1) is 9.60. The molecule has 0 aliphatic carbocycles. The lowest BCUT2D eigenvalue weighted by molar-refractivity contribution is 0.0995. The Morgan fingerprint density at radius 1 is 1.58 bits per heavy atom. The second-order valence-electron chi connectivity index (χ2n) is 2.28. The molecule has 0 spiro atoms. The molecule has 2 N–H and O–H groups in total. The van der Waals surface area contributed by atoms with Gasteiger partial charge in [-0.05, 0) is 12.1 Å². The van der Waals surface area contributed by atoms with Crippen LogP contribution in [0.2, 0.25) is 0 Å². The highest BCUT2D eigenvalue weighted by Crippen LogP contribution is 2.08. The fourth-order valence-electron chi connectivity index (χ4n) is 0.801. The predicted molar refractivity (Wildman–Crippen MR) is 52.7 cm³/mol. The van der Waals surface area contributed by atoms with Crippen molar-refractivity contribution in [3.05, 3.63) is 35.6 Å². The van der Waals surface area contributed by atoms with Gasteiger partial charge < -0.3 is 5.73 Å². The van der Waals surface area contributed by atoms with Gasteiger partial charge >= 0.3 is 0 Å². The van der Waals surface area contributed by atoms with Crippen LogP contribution < -0.4 is 5.73 Å². The zero-order chi connectivity index (χ0) is 9.14. The number of benzene rings is 1. The number of Topliss-reactive ketones (excluding diaryl/α,β-unsaturated/α-hetero) is 1. The monoisotopic (exact) mass is 279 g/mol. The van der Waals surface area contributed by atoms with Gasteiger partial charge in [0.15, 0.2) is 5.78 Å². The summed E-state index contributed by atoms with van der Waals surface area (Å²) >= 11 is 1.79. The second-order valence-corrected chi connectivity index (χ2v) is 3.62. The van der Waals surface area contributed by atoms with E-state index in [0.29, 0.717) is 5.56 Å². The Kier molecular flexibility index (Phi) is 3.16. The van der Waals surface area contributed by atoms with Gasteiger partial charge in [0.25, 0.3) is 0 Å². The van der Waals surface area contributed by atoms with Crippen LogP contribution in [0.4, 0.5) is 4.39 Å². The van der Waals surface area contributed by atoms with Crippen molar-refractivity contribution in [2.75, 3.05) is 0 Å². The summed E-state index contributed by atoms with van der Waals surface area (Å²) in [6.07, 6.45) is 0. The number of nitrogens with two attached hydrogens (primary N) is 1. The molecule has 0 aromatic heterocycles. The molecule has 1 rings (SSSR count). The van der Waals surface area contributed by atoms with Crippen molar-refractivity contribution in [2.24, 2.45) is 5.73 Å². The van der Waals surface area contributed by atoms with E-state index in [4.69, 9.17) is 5.73 Å². The van der Waals surface area contributed by atoms with Crippen LogP contribution in [0.3, 0.4) is 0 Å². The number of carbonyl (C=O) groups excluding carboxylic acids is 1. The van der Waals surface area contributed by atoms with E-state index in [1.165, 1.54) is 18.2 Å². The van der Waals surface area contributed by atoms with Crippen molar-refractivity contribution < 1.29 is 9.18 Å². The van der Waals surface area contributed by atoms with Crippen LogP contribution in [0.5, 0.6) is 0 Å². The van der Waals surface area contributed by atoms with E-state index < -0.39 is 9.87 Å². The lowest BCUT2D eigenvalue weighted by Gasteiger charge is -2.01. The average Bonchev–Trinajstić information content (AvgIpc) is 2.03. The van der Waals surface area contributed by atoms with Crippen molar-refractivity contribution in [1.29, 1.82) is 0 Å². The van der Waals surface area contributed by atoms with Crippen LogP contribution >= 0.6 is 22.6 Å². The van der Waals surface area contributed by atoms with Gasteiger partial charge in [0, 0.05) is 5.56 Å². The molecule has 1 unspecified atom stereocenters. The van der Waals surface area contributed by atoms with Gasteiger partial charge in [-0.15, -0.1) is 0 Å². The van der Waals surface area contributed by atoms with E-state index in [-0.39, 0.29) is 5.78 Å². The summed E-state index contributed by atoms with van der Waals surface area (Å²) in [5.41, 5.74) is 5.65. The maximum absolute atomic E-state index is 12.6. The molecule has 1 aromatic carbocycles. The highest BCUT2D eigenvalue weighted by molar-refractivity contribution is 14.1. The quantitative estimate of drug-likeness (QED) is 0.388. The Bertz CT molecular complexity index is 301. The predicted octanol–water partition coefficient (Wildman–Crippen LogP) is 1.73.